The molecule has 1 saturated heterocycles. The fourth-order valence-electron chi connectivity index (χ4n) is 6.22. The van der Waals surface area contributed by atoms with Crippen LogP contribution < -0.4 is 26.2 Å². The Balaban J connectivity index is 1.03. The maximum Gasteiger partial charge on any atom is 0.408 e. The summed E-state index contributed by atoms with van der Waals surface area (Å²) in [5.74, 6) is 2.54. The van der Waals surface area contributed by atoms with Gasteiger partial charge in [0.05, 0.1) is 18.1 Å². The number of ether oxygens (including phenoxy) is 2. The Morgan fingerprint density at radius 2 is 1.75 bits per heavy atom. The lowest BCUT2D eigenvalue weighted by Crippen LogP contribution is -2.38. The first kappa shape index (κ1) is 32.9. The Morgan fingerprint density at radius 1 is 0.958 bits per heavy atom. The Bertz CT molecular complexity index is 1860. The van der Waals surface area contributed by atoms with Crippen LogP contribution in [0.15, 0.2) is 100 Å². The summed E-state index contributed by atoms with van der Waals surface area (Å²) in [6.45, 7) is 5.34. The van der Waals surface area contributed by atoms with E-state index in [9.17, 15) is 14.7 Å². The van der Waals surface area contributed by atoms with Crippen LogP contribution in [-0.4, -0.2) is 41.9 Å². The van der Waals surface area contributed by atoms with E-state index in [-0.39, 0.29) is 24.0 Å². The predicted octanol–water partition coefficient (Wildman–Crippen LogP) is 5.94. The van der Waals surface area contributed by atoms with Crippen molar-refractivity contribution in [1.29, 1.82) is 0 Å². The van der Waals surface area contributed by atoms with E-state index in [1.165, 1.54) is 6.07 Å². The Labute approximate surface area is 279 Å². The zero-order valence-electron chi connectivity index (χ0n) is 27.0. The van der Waals surface area contributed by atoms with Gasteiger partial charge in [0.25, 0.3) is 0 Å². The number of phenols is 1. The van der Waals surface area contributed by atoms with E-state index in [1.807, 2.05) is 79.7 Å². The number of furan rings is 1. The molecule has 1 aliphatic rings. The van der Waals surface area contributed by atoms with Gasteiger partial charge in [0.2, 0.25) is 5.56 Å². The van der Waals surface area contributed by atoms with Crippen molar-refractivity contribution in [3.63, 3.8) is 0 Å². The van der Waals surface area contributed by atoms with Crippen LogP contribution in [0.3, 0.4) is 0 Å². The molecule has 2 aromatic heterocycles. The third-order valence-corrected chi connectivity index (χ3v) is 8.86. The molecule has 0 bridgehead atoms. The number of hydrogen-bond acceptors (Lipinski definition) is 8. The minimum absolute atomic E-state index is 0.0573. The minimum Gasteiger partial charge on any atom is -0.506 e. The molecule has 10 nitrogen and oxygen atoms in total. The Hall–Kier alpha value is -5.06. The van der Waals surface area contributed by atoms with Gasteiger partial charge in [-0.25, -0.2) is 4.79 Å². The smallest absolute Gasteiger partial charge is 0.408 e. The number of fused-ring (bicyclic) bond motifs is 1. The van der Waals surface area contributed by atoms with Crippen LogP contribution in [0.1, 0.15) is 54.0 Å². The van der Waals surface area contributed by atoms with E-state index in [1.54, 1.807) is 12.1 Å². The second-order valence-corrected chi connectivity index (χ2v) is 12.2. The number of rotatable bonds is 13. The highest BCUT2D eigenvalue weighted by molar-refractivity contribution is 5.87. The SMILES string of the molecule is C[C@H](OC(=O)NC(c1ccccc1)c1cccc(OCc2ccc(CNCCc3ccc(O)c4[nH]c(=O)ccc34)o2)c1)C1CCNCC1. The van der Waals surface area contributed by atoms with E-state index < -0.39 is 12.1 Å². The molecule has 0 spiro atoms. The lowest BCUT2D eigenvalue weighted by atomic mass is 9.93. The van der Waals surface area contributed by atoms with E-state index in [2.05, 4.69) is 20.9 Å². The minimum atomic E-state index is -0.439. The number of pyridine rings is 1. The molecule has 0 saturated carbocycles. The van der Waals surface area contributed by atoms with Crippen molar-refractivity contribution in [1.82, 2.24) is 20.9 Å². The average molecular weight is 651 g/mol. The fraction of sp³-hybridized carbons (Fsp3) is 0.316. The molecule has 1 fully saturated rings. The highest BCUT2D eigenvalue weighted by atomic mass is 16.6. The van der Waals surface area contributed by atoms with Crippen molar-refractivity contribution in [3.8, 4) is 11.5 Å². The van der Waals surface area contributed by atoms with Crippen LogP contribution in [0.4, 0.5) is 4.79 Å². The van der Waals surface area contributed by atoms with Gasteiger partial charge in [-0.15, -0.1) is 0 Å². The molecule has 5 aromatic rings. The van der Waals surface area contributed by atoms with Gasteiger partial charge in [0, 0.05) is 11.5 Å². The van der Waals surface area contributed by atoms with Gasteiger partial charge < -0.3 is 39.9 Å². The molecule has 2 atom stereocenters. The van der Waals surface area contributed by atoms with Crippen molar-refractivity contribution in [2.45, 2.75) is 51.5 Å². The number of amides is 1. The molecular weight excluding hydrogens is 608 g/mol. The molecule has 10 heteroatoms. The molecule has 250 valence electrons. The molecule has 5 N–H and O–H groups in total. The summed E-state index contributed by atoms with van der Waals surface area (Å²) in [4.78, 5) is 27.5. The highest BCUT2D eigenvalue weighted by Gasteiger charge is 2.25. The van der Waals surface area contributed by atoms with Crippen molar-refractivity contribution in [2.24, 2.45) is 5.92 Å². The van der Waals surface area contributed by atoms with Gasteiger partial charge in [-0.3, -0.25) is 4.79 Å². The number of aromatic nitrogens is 1. The molecule has 6 rings (SSSR count). The summed E-state index contributed by atoms with van der Waals surface area (Å²) < 4.78 is 18.0. The number of benzene rings is 3. The Morgan fingerprint density at radius 3 is 2.58 bits per heavy atom. The van der Waals surface area contributed by atoms with E-state index in [0.717, 1.165) is 53.8 Å². The summed E-state index contributed by atoms with van der Waals surface area (Å²) in [7, 11) is 0. The van der Waals surface area contributed by atoms with Crippen molar-refractivity contribution in [2.75, 3.05) is 19.6 Å². The average Bonchev–Trinajstić information content (AvgIpc) is 3.57. The fourth-order valence-corrected chi connectivity index (χ4v) is 6.22. The normalized spacial score (nSPS) is 14.8. The van der Waals surface area contributed by atoms with Crippen LogP contribution in [0.5, 0.6) is 11.5 Å². The number of aromatic hydroxyl groups is 1. The quantitative estimate of drug-likeness (QED) is 0.0988. The third kappa shape index (κ3) is 8.44. The second kappa shape index (κ2) is 15.7. The van der Waals surface area contributed by atoms with E-state index >= 15 is 0 Å². The van der Waals surface area contributed by atoms with Gasteiger partial charge in [0.1, 0.15) is 35.7 Å². The van der Waals surface area contributed by atoms with Gasteiger partial charge in [-0.2, -0.15) is 0 Å². The lowest BCUT2D eigenvalue weighted by Gasteiger charge is -2.29. The van der Waals surface area contributed by atoms with E-state index in [4.69, 9.17) is 13.9 Å². The summed E-state index contributed by atoms with van der Waals surface area (Å²) in [6.07, 6.45) is 2.09. The summed E-state index contributed by atoms with van der Waals surface area (Å²) in [5.41, 5.74) is 3.05. The van der Waals surface area contributed by atoms with Gasteiger partial charge in [-0.1, -0.05) is 48.5 Å². The number of H-pyrrole nitrogens is 1. The van der Waals surface area contributed by atoms with Gasteiger partial charge in [-0.05, 0) is 105 Å². The van der Waals surface area contributed by atoms with Gasteiger partial charge >= 0.3 is 6.09 Å². The molecule has 48 heavy (non-hydrogen) atoms. The number of piperidine rings is 1. The molecule has 0 aliphatic carbocycles. The first-order chi connectivity index (χ1) is 23.4. The topological polar surface area (TPSA) is 138 Å². The lowest BCUT2D eigenvalue weighted by molar-refractivity contribution is 0.0605. The third-order valence-electron chi connectivity index (χ3n) is 8.86. The maximum atomic E-state index is 13.1. The van der Waals surface area contributed by atoms with Crippen molar-refractivity contribution >= 4 is 17.0 Å². The van der Waals surface area contributed by atoms with Gasteiger partial charge in [0.15, 0.2) is 0 Å². The first-order valence-electron chi connectivity index (χ1n) is 16.5. The number of carbonyl (C=O) groups is 1. The summed E-state index contributed by atoms with van der Waals surface area (Å²) >= 11 is 0. The number of alkyl carbamates (subject to hydrolysis) is 1. The molecule has 1 aliphatic heterocycles. The second-order valence-electron chi connectivity index (χ2n) is 12.2. The molecular formula is C38H42N4O6. The van der Waals surface area contributed by atoms with E-state index in [0.29, 0.717) is 42.5 Å². The zero-order valence-corrected chi connectivity index (χ0v) is 27.0. The predicted molar refractivity (Wildman–Crippen MR) is 184 cm³/mol. The largest absolute Gasteiger partial charge is 0.506 e. The standard InChI is InChI=1S/C38H42N4O6/c1-25(26-16-19-39-20-17-26)47-38(45)42-36(28-6-3-2-4-7-28)29-8-5-9-30(22-29)46-24-32-12-11-31(48-32)23-40-21-18-27-10-14-34(43)37-33(27)13-15-35(44)41-37/h2-15,22,25-26,36,39-40,43H,16-21,23-24H2,1H3,(H,41,44)(H,42,45)/t25-,36?/m0/s1. The molecule has 1 amide bonds. The molecule has 3 heterocycles. The summed E-state index contributed by atoms with van der Waals surface area (Å²) in [5, 5.41) is 20.8. The monoisotopic (exact) mass is 650 g/mol. The van der Waals surface area contributed by atoms with Crippen LogP contribution >= 0.6 is 0 Å². The number of aromatic amines is 1. The van der Waals surface area contributed by atoms with Crippen LogP contribution in [0.25, 0.3) is 10.9 Å². The van der Waals surface area contributed by atoms with Crippen LogP contribution in [0.2, 0.25) is 0 Å². The molecule has 1 unspecified atom stereocenters. The van der Waals surface area contributed by atoms with Crippen molar-refractivity contribution < 1.29 is 23.8 Å². The van der Waals surface area contributed by atoms with Crippen LogP contribution in [-0.2, 0) is 24.3 Å². The van der Waals surface area contributed by atoms with Crippen LogP contribution in [0, 0.1) is 5.92 Å². The Kier molecular flexibility index (Phi) is 10.7. The highest BCUT2D eigenvalue weighted by Crippen LogP contribution is 2.28. The number of nitrogens with one attached hydrogen (secondary N) is 4. The maximum absolute atomic E-state index is 13.1. The number of hydrogen-bond donors (Lipinski definition) is 5. The number of phenolic OH excluding ortho intramolecular Hbond substituents is 1. The summed E-state index contributed by atoms with van der Waals surface area (Å²) in [6, 6.07) is 27.6. The number of carbonyl (C=O) groups excluding carboxylic acids is 1. The molecule has 0 radical (unpaired) electrons. The zero-order chi connectivity index (χ0) is 33.3. The first-order valence-corrected chi connectivity index (χ1v) is 16.5. The van der Waals surface area contributed by atoms with Crippen molar-refractivity contribution in [3.05, 3.63) is 130 Å². The molecule has 3 aromatic carbocycles.